The largest absolute Gasteiger partial charge is 0.464 e. The van der Waals surface area contributed by atoms with Crippen LogP contribution in [0.2, 0.25) is 0 Å². The molecule has 2 N–H and O–H groups in total. The molecule has 0 bridgehead atoms. The lowest BCUT2D eigenvalue weighted by atomic mass is 10.1. The van der Waals surface area contributed by atoms with E-state index >= 15 is 0 Å². The number of hydrogen-bond acceptors (Lipinski definition) is 6. The second-order valence-electron chi connectivity index (χ2n) is 6.63. The van der Waals surface area contributed by atoms with Crippen molar-refractivity contribution in [1.29, 1.82) is 0 Å². The molecular weight excluding hydrogens is 386 g/mol. The summed E-state index contributed by atoms with van der Waals surface area (Å²) in [6.07, 6.45) is 1.64. The van der Waals surface area contributed by atoms with Gasteiger partial charge in [0.25, 0.3) is 5.91 Å². The number of benzene rings is 1. The highest BCUT2D eigenvalue weighted by Crippen LogP contribution is 2.33. The molecule has 1 unspecified atom stereocenters. The van der Waals surface area contributed by atoms with E-state index < -0.39 is 23.9 Å². The second kappa shape index (κ2) is 9.41. The Bertz CT molecular complexity index is 964. The average molecular weight is 411 g/mol. The molecule has 158 valence electrons. The van der Waals surface area contributed by atoms with Gasteiger partial charge < -0.3 is 24.7 Å². The van der Waals surface area contributed by atoms with Gasteiger partial charge in [-0.2, -0.15) is 0 Å². The van der Waals surface area contributed by atoms with Gasteiger partial charge in [-0.05, 0) is 31.5 Å². The lowest BCUT2D eigenvalue weighted by molar-refractivity contribution is -0.153. The summed E-state index contributed by atoms with van der Waals surface area (Å²) in [5.74, 6) is -1.88. The number of rotatable bonds is 8. The zero-order valence-corrected chi connectivity index (χ0v) is 17.0. The first kappa shape index (κ1) is 21.3. The minimum Gasteiger partial charge on any atom is -0.464 e. The molecular formula is C22H25N3O5. The van der Waals surface area contributed by atoms with Crippen LogP contribution >= 0.6 is 0 Å². The van der Waals surface area contributed by atoms with E-state index in [0.717, 1.165) is 5.56 Å². The maximum atomic E-state index is 13.5. The molecule has 1 atom stereocenters. The van der Waals surface area contributed by atoms with Gasteiger partial charge in [-0.1, -0.05) is 30.3 Å². The van der Waals surface area contributed by atoms with Crippen LogP contribution in [0.1, 0.15) is 25.1 Å². The van der Waals surface area contributed by atoms with Gasteiger partial charge in [-0.3, -0.25) is 4.79 Å². The van der Waals surface area contributed by atoms with Crippen LogP contribution in [-0.2, 0) is 36.9 Å². The van der Waals surface area contributed by atoms with Crippen molar-refractivity contribution in [3.8, 4) is 0 Å². The predicted octanol–water partition coefficient (Wildman–Crippen LogP) is 1.70. The molecule has 8 heteroatoms. The van der Waals surface area contributed by atoms with Crippen molar-refractivity contribution in [2.75, 3.05) is 13.2 Å². The fourth-order valence-electron chi connectivity index (χ4n) is 3.51. The molecule has 1 aromatic heterocycles. The smallest absolute Gasteiger partial charge is 0.339 e. The number of esters is 2. The molecule has 0 saturated carbocycles. The summed E-state index contributed by atoms with van der Waals surface area (Å²) >= 11 is 0. The first-order chi connectivity index (χ1) is 14.5. The molecule has 0 fully saturated rings. The van der Waals surface area contributed by atoms with E-state index in [1.165, 1.54) is 4.90 Å². The summed E-state index contributed by atoms with van der Waals surface area (Å²) in [6, 6.07) is 11.5. The molecule has 0 aliphatic carbocycles. The van der Waals surface area contributed by atoms with Gasteiger partial charge in [0.05, 0.1) is 13.2 Å². The van der Waals surface area contributed by atoms with Crippen molar-refractivity contribution in [3.63, 3.8) is 0 Å². The maximum absolute atomic E-state index is 13.5. The van der Waals surface area contributed by atoms with E-state index in [4.69, 9.17) is 15.2 Å². The van der Waals surface area contributed by atoms with Gasteiger partial charge in [0.15, 0.2) is 6.04 Å². The SMILES string of the molecule is CCOC(=O)C1=C(n2cccc2CN)C(=O)N(Cc2ccccc2)C1C(=O)OCC. The first-order valence-corrected chi connectivity index (χ1v) is 9.82. The molecule has 30 heavy (non-hydrogen) atoms. The standard InChI is InChI=1S/C22H25N3O5/c1-3-29-21(27)17-18(24-12-8-11-16(24)13-23)20(26)25(19(17)22(28)30-4-2)14-15-9-6-5-7-10-15/h5-12,19H,3-4,13-14,23H2,1-2H3. The average Bonchev–Trinajstić information content (AvgIpc) is 3.31. The molecule has 0 saturated heterocycles. The predicted molar refractivity (Wildman–Crippen MR) is 110 cm³/mol. The van der Waals surface area contributed by atoms with Crippen molar-refractivity contribution in [3.05, 3.63) is 65.5 Å². The van der Waals surface area contributed by atoms with Crippen molar-refractivity contribution < 1.29 is 23.9 Å². The zero-order valence-electron chi connectivity index (χ0n) is 17.0. The molecule has 8 nitrogen and oxygen atoms in total. The number of aromatic nitrogens is 1. The fraction of sp³-hybridized carbons (Fsp3) is 0.318. The minimum absolute atomic E-state index is 0.0397. The van der Waals surface area contributed by atoms with Crippen molar-refractivity contribution in [1.82, 2.24) is 9.47 Å². The lowest BCUT2D eigenvalue weighted by Gasteiger charge is -2.24. The Morgan fingerprint density at radius 3 is 2.37 bits per heavy atom. The number of ether oxygens (including phenoxy) is 2. The quantitative estimate of drug-likeness (QED) is 0.663. The molecule has 3 rings (SSSR count). The van der Waals surface area contributed by atoms with Gasteiger partial charge in [0, 0.05) is 25.0 Å². The van der Waals surface area contributed by atoms with E-state index in [-0.39, 0.29) is 37.6 Å². The van der Waals surface area contributed by atoms with E-state index in [1.54, 1.807) is 36.7 Å². The Labute approximate surface area is 174 Å². The highest BCUT2D eigenvalue weighted by atomic mass is 16.5. The Morgan fingerprint density at radius 2 is 1.73 bits per heavy atom. The summed E-state index contributed by atoms with van der Waals surface area (Å²) < 4.78 is 12.0. The number of amides is 1. The van der Waals surface area contributed by atoms with Gasteiger partial charge in [-0.15, -0.1) is 0 Å². The number of nitrogens with two attached hydrogens (primary N) is 1. The van der Waals surface area contributed by atoms with E-state index in [9.17, 15) is 14.4 Å². The number of carbonyl (C=O) groups excluding carboxylic acids is 3. The summed E-state index contributed by atoms with van der Waals surface area (Å²) in [7, 11) is 0. The van der Waals surface area contributed by atoms with Crippen LogP contribution < -0.4 is 5.73 Å². The van der Waals surface area contributed by atoms with Crippen molar-refractivity contribution >= 4 is 23.5 Å². The molecule has 2 heterocycles. The molecule has 1 aromatic carbocycles. The van der Waals surface area contributed by atoms with Crippen molar-refractivity contribution in [2.45, 2.75) is 33.0 Å². The Hall–Kier alpha value is -3.39. The summed E-state index contributed by atoms with van der Waals surface area (Å²) in [5.41, 5.74) is 7.28. The second-order valence-corrected chi connectivity index (χ2v) is 6.63. The Morgan fingerprint density at radius 1 is 1.03 bits per heavy atom. The van der Waals surface area contributed by atoms with Crippen LogP contribution in [0.5, 0.6) is 0 Å². The summed E-state index contributed by atoms with van der Waals surface area (Å²) in [4.78, 5) is 40.6. The van der Waals surface area contributed by atoms with Crippen LogP contribution in [0.4, 0.5) is 0 Å². The van der Waals surface area contributed by atoms with Gasteiger partial charge in [0.1, 0.15) is 11.3 Å². The number of carbonyl (C=O) groups is 3. The molecule has 0 spiro atoms. The lowest BCUT2D eigenvalue weighted by Crippen LogP contribution is -2.43. The van der Waals surface area contributed by atoms with Crippen LogP contribution in [0, 0.1) is 0 Å². The maximum Gasteiger partial charge on any atom is 0.339 e. The van der Waals surface area contributed by atoms with E-state index in [0.29, 0.717) is 5.69 Å². The van der Waals surface area contributed by atoms with Crippen LogP contribution in [0.15, 0.2) is 54.2 Å². The fourth-order valence-corrected chi connectivity index (χ4v) is 3.51. The minimum atomic E-state index is -1.21. The van der Waals surface area contributed by atoms with Gasteiger partial charge in [-0.25, -0.2) is 9.59 Å². The topological polar surface area (TPSA) is 104 Å². The third-order valence-corrected chi connectivity index (χ3v) is 4.79. The van der Waals surface area contributed by atoms with Gasteiger partial charge >= 0.3 is 11.9 Å². The highest BCUT2D eigenvalue weighted by Gasteiger charge is 2.48. The van der Waals surface area contributed by atoms with Crippen LogP contribution in [0.25, 0.3) is 5.70 Å². The molecule has 1 aliphatic heterocycles. The van der Waals surface area contributed by atoms with E-state index in [1.807, 2.05) is 30.3 Å². The van der Waals surface area contributed by atoms with E-state index in [2.05, 4.69) is 0 Å². The third kappa shape index (κ3) is 3.99. The van der Waals surface area contributed by atoms with Crippen LogP contribution in [-0.4, -0.2) is 46.6 Å². The summed E-state index contributed by atoms with van der Waals surface area (Å²) in [5, 5.41) is 0. The number of nitrogens with zero attached hydrogens (tertiary/aromatic N) is 2. The van der Waals surface area contributed by atoms with Gasteiger partial charge in [0.2, 0.25) is 0 Å². The highest BCUT2D eigenvalue weighted by molar-refractivity contribution is 6.26. The third-order valence-electron chi connectivity index (χ3n) is 4.79. The summed E-state index contributed by atoms with van der Waals surface area (Å²) in [6.45, 7) is 3.84. The normalized spacial score (nSPS) is 16.2. The monoisotopic (exact) mass is 411 g/mol. The molecule has 2 aromatic rings. The molecule has 1 aliphatic rings. The van der Waals surface area contributed by atoms with Crippen LogP contribution in [0.3, 0.4) is 0 Å². The number of hydrogen-bond donors (Lipinski definition) is 1. The Kier molecular flexibility index (Phi) is 6.68. The first-order valence-electron chi connectivity index (χ1n) is 9.82. The molecule has 0 radical (unpaired) electrons. The Balaban J connectivity index is 2.16. The molecule has 1 amide bonds. The zero-order chi connectivity index (χ0) is 21.7. The van der Waals surface area contributed by atoms with Crippen molar-refractivity contribution in [2.24, 2.45) is 5.73 Å².